The fourth-order valence-corrected chi connectivity index (χ4v) is 3.86. The van der Waals surface area contributed by atoms with Gasteiger partial charge in [-0.25, -0.2) is 4.98 Å². The van der Waals surface area contributed by atoms with Gasteiger partial charge in [0.1, 0.15) is 5.01 Å². The summed E-state index contributed by atoms with van der Waals surface area (Å²) in [6.45, 7) is 1.48. The number of benzene rings is 1. The predicted molar refractivity (Wildman–Crippen MR) is 107 cm³/mol. The molecule has 1 atom stereocenters. The summed E-state index contributed by atoms with van der Waals surface area (Å²) in [6.07, 6.45) is 2.36. The van der Waals surface area contributed by atoms with E-state index >= 15 is 0 Å². The van der Waals surface area contributed by atoms with E-state index in [1.807, 2.05) is 34.5 Å². The molecular formula is C16H20BrCl2N3OS. The number of amides is 1. The van der Waals surface area contributed by atoms with E-state index in [-0.39, 0.29) is 36.8 Å². The molecule has 1 aromatic carbocycles. The van der Waals surface area contributed by atoms with Gasteiger partial charge in [0.2, 0.25) is 5.91 Å². The molecule has 1 aromatic heterocycles. The number of rotatable bonds is 3. The Kier molecular flexibility index (Phi) is 8.67. The van der Waals surface area contributed by atoms with Crippen molar-refractivity contribution in [1.29, 1.82) is 0 Å². The van der Waals surface area contributed by atoms with Gasteiger partial charge in [-0.2, -0.15) is 0 Å². The minimum Gasteiger partial charge on any atom is -0.341 e. The molecule has 1 saturated heterocycles. The van der Waals surface area contributed by atoms with Crippen molar-refractivity contribution in [3.63, 3.8) is 0 Å². The van der Waals surface area contributed by atoms with Crippen molar-refractivity contribution >= 4 is 58.0 Å². The average Bonchev–Trinajstić information content (AvgIpc) is 2.96. The van der Waals surface area contributed by atoms with E-state index < -0.39 is 0 Å². The highest BCUT2D eigenvalue weighted by Gasteiger charge is 2.22. The third-order valence-corrected chi connectivity index (χ3v) is 5.20. The first kappa shape index (κ1) is 21.4. The van der Waals surface area contributed by atoms with Crippen molar-refractivity contribution in [2.75, 3.05) is 13.1 Å². The lowest BCUT2D eigenvalue weighted by molar-refractivity contribution is -0.131. The Bertz CT molecular complexity index is 683. The van der Waals surface area contributed by atoms with Gasteiger partial charge in [0.25, 0.3) is 0 Å². The van der Waals surface area contributed by atoms with Crippen LogP contribution in [-0.2, 0) is 11.2 Å². The van der Waals surface area contributed by atoms with Crippen molar-refractivity contribution in [2.45, 2.75) is 25.3 Å². The standard InChI is InChI=1S/C16H18BrN3OS.2ClH/c17-12-4-1-3-11(7-12)16-19-14(10-22-16)8-15(21)20-6-2-5-13(18)9-20;;/h1,3-4,7,10,13H,2,5-6,8-9,18H2;2*1H. The minimum atomic E-state index is 0. The molecule has 1 aliphatic rings. The second kappa shape index (κ2) is 9.73. The van der Waals surface area contributed by atoms with Crippen LogP contribution in [0.5, 0.6) is 0 Å². The van der Waals surface area contributed by atoms with Gasteiger partial charge in [-0.05, 0) is 25.0 Å². The smallest absolute Gasteiger partial charge is 0.228 e. The number of aromatic nitrogens is 1. The first-order valence-corrected chi connectivity index (χ1v) is 9.03. The van der Waals surface area contributed by atoms with Crippen molar-refractivity contribution < 1.29 is 4.79 Å². The molecule has 2 N–H and O–H groups in total. The summed E-state index contributed by atoms with van der Waals surface area (Å²) in [5.74, 6) is 0.126. The van der Waals surface area contributed by atoms with Gasteiger partial charge in [0.15, 0.2) is 0 Å². The molecule has 2 heterocycles. The van der Waals surface area contributed by atoms with Crippen molar-refractivity contribution in [1.82, 2.24) is 9.88 Å². The Hall–Kier alpha value is -0.660. The molecule has 0 radical (unpaired) electrons. The molecule has 2 aromatic rings. The maximum Gasteiger partial charge on any atom is 0.228 e. The number of likely N-dealkylation sites (tertiary alicyclic amines) is 1. The molecule has 4 nitrogen and oxygen atoms in total. The summed E-state index contributed by atoms with van der Waals surface area (Å²) < 4.78 is 1.03. The zero-order valence-corrected chi connectivity index (χ0v) is 17.0. The number of nitrogens with two attached hydrogens (primary N) is 1. The molecule has 0 saturated carbocycles. The van der Waals surface area contributed by atoms with Crippen LogP contribution in [-0.4, -0.2) is 34.9 Å². The summed E-state index contributed by atoms with van der Waals surface area (Å²) >= 11 is 5.04. The van der Waals surface area contributed by atoms with Crippen LogP contribution in [0, 0.1) is 0 Å². The lowest BCUT2D eigenvalue weighted by Crippen LogP contribution is -2.46. The van der Waals surface area contributed by atoms with E-state index in [1.54, 1.807) is 11.3 Å². The second-order valence-electron chi connectivity index (χ2n) is 5.57. The monoisotopic (exact) mass is 451 g/mol. The van der Waals surface area contributed by atoms with Gasteiger partial charge < -0.3 is 10.6 Å². The number of hydrogen-bond donors (Lipinski definition) is 1. The van der Waals surface area contributed by atoms with E-state index in [9.17, 15) is 4.79 Å². The molecule has 1 unspecified atom stereocenters. The van der Waals surface area contributed by atoms with Crippen LogP contribution < -0.4 is 5.73 Å². The Morgan fingerprint density at radius 3 is 2.92 bits per heavy atom. The maximum absolute atomic E-state index is 12.3. The van der Waals surface area contributed by atoms with Crippen LogP contribution in [0.1, 0.15) is 18.5 Å². The molecule has 0 aliphatic carbocycles. The number of thiazole rings is 1. The van der Waals surface area contributed by atoms with Gasteiger partial charge in [-0.1, -0.05) is 28.1 Å². The first-order valence-electron chi connectivity index (χ1n) is 7.35. The molecular weight excluding hydrogens is 433 g/mol. The SMILES string of the molecule is Cl.Cl.NC1CCCN(C(=O)Cc2csc(-c3cccc(Br)c3)n2)C1. The summed E-state index contributed by atoms with van der Waals surface area (Å²) in [6, 6.07) is 8.15. The fourth-order valence-electron chi connectivity index (χ4n) is 2.65. The van der Waals surface area contributed by atoms with Crippen LogP contribution in [0.4, 0.5) is 0 Å². The number of carbonyl (C=O) groups is 1. The summed E-state index contributed by atoms with van der Waals surface area (Å²) in [4.78, 5) is 18.8. The molecule has 8 heteroatoms. The number of carbonyl (C=O) groups excluding carboxylic acids is 1. The third-order valence-electron chi connectivity index (χ3n) is 3.77. The molecule has 0 bridgehead atoms. The van der Waals surface area contributed by atoms with Crippen LogP contribution in [0.25, 0.3) is 10.6 Å². The van der Waals surface area contributed by atoms with Crippen LogP contribution in [0.3, 0.4) is 0 Å². The van der Waals surface area contributed by atoms with Gasteiger partial charge in [0.05, 0.1) is 12.1 Å². The van der Waals surface area contributed by atoms with Gasteiger partial charge in [-0.3, -0.25) is 4.79 Å². The zero-order valence-electron chi connectivity index (χ0n) is 13.0. The normalized spacial score (nSPS) is 16.9. The van der Waals surface area contributed by atoms with Crippen molar-refractivity contribution in [2.24, 2.45) is 5.73 Å². The van der Waals surface area contributed by atoms with Gasteiger partial charge in [0, 0.05) is 34.5 Å². The Morgan fingerprint density at radius 2 is 2.21 bits per heavy atom. The quantitative estimate of drug-likeness (QED) is 0.767. The van der Waals surface area contributed by atoms with Crippen molar-refractivity contribution in [3.05, 3.63) is 39.8 Å². The number of hydrogen-bond acceptors (Lipinski definition) is 4. The topological polar surface area (TPSA) is 59.2 Å². The Balaban J connectivity index is 0.00000144. The highest BCUT2D eigenvalue weighted by atomic mass is 79.9. The van der Waals surface area contributed by atoms with E-state index in [2.05, 4.69) is 20.9 Å². The zero-order chi connectivity index (χ0) is 15.5. The highest BCUT2D eigenvalue weighted by molar-refractivity contribution is 9.10. The molecule has 1 fully saturated rings. The van der Waals surface area contributed by atoms with Crippen molar-refractivity contribution in [3.8, 4) is 10.6 Å². The van der Waals surface area contributed by atoms with E-state index in [0.29, 0.717) is 13.0 Å². The van der Waals surface area contributed by atoms with Crippen LogP contribution in [0.15, 0.2) is 34.1 Å². The maximum atomic E-state index is 12.3. The summed E-state index contributed by atoms with van der Waals surface area (Å²) in [7, 11) is 0. The minimum absolute atomic E-state index is 0. The number of halogens is 3. The lowest BCUT2D eigenvalue weighted by Gasteiger charge is -2.30. The Morgan fingerprint density at radius 1 is 1.42 bits per heavy atom. The fraction of sp³-hybridized carbons (Fsp3) is 0.375. The molecule has 1 amide bonds. The van der Waals surface area contributed by atoms with Gasteiger partial charge >= 0.3 is 0 Å². The third kappa shape index (κ3) is 5.43. The molecule has 24 heavy (non-hydrogen) atoms. The lowest BCUT2D eigenvalue weighted by atomic mass is 10.1. The largest absolute Gasteiger partial charge is 0.341 e. The predicted octanol–water partition coefficient (Wildman–Crippen LogP) is 3.91. The number of piperidine rings is 1. The van der Waals surface area contributed by atoms with Crippen LogP contribution in [0.2, 0.25) is 0 Å². The van der Waals surface area contributed by atoms with E-state index in [1.165, 1.54) is 0 Å². The molecule has 1 aliphatic heterocycles. The first-order chi connectivity index (χ1) is 10.6. The molecule has 3 rings (SSSR count). The number of nitrogens with zero attached hydrogens (tertiary/aromatic N) is 2. The van der Waals surface area contributed by atoms with E-state index in [4.69, 9.17) is 5.73 Å². The molecule has 132 valence electrons. The van der Waals surface area contributed by atoms with E-state index in [0.717, 1.165) is 40.1 Å². The molecule has 0 spiro atoms. The highest BCUT2D eigenvalue weighted by Crippen LogP contribution is 2.26. The summed E-state index contributed by atoms with van der Waals surface area (Å²) in [5, 5.41) is 2.91. The van der Waals surface area contributed by atoms with Crippen LogP contribution >= 0.6 is 52.1 Å². The summed E-state index contributed by atoms with van der Waals surface area (Å²) in [5.41, 5.74) is 7.84. The second-order valence-corrected chi connectivity index (χ2v) is 7.35. The average molecular weight is 453 g/mol. The van der Waals surface area contributed by atoms with Gasteiger partial charge in [-0.15, -0.1) is 36.2 Å². The Labute approximate surface area is 166 Å².